The van der Waals surface area contributed by atoms with Gasteiger partial charge in [-0.15, -0.1) is 0 Å². The first-order chi connectivity index (χ1) is 21.5. The number of aliphatic hydroxyl groups excluding tert-OH is 2. The van der Waals surface area contributed by atoms with Crippen LogP contribution in [0.2, 0.25) is 0 Å². The second kappa shape index (κ2) is 20.7. The minimum absolute atomic E-state index is 0.0176. The molecule has 254 valence electrons. The number of carbonyl (C=O) groups excluding carboxylic acids is 4. The van der Waals surface area contributed by atoms with Gasteiger partial charge in [-0.2, -0.15) is 0 Å². The standard InChI is InChI=1S/C31H50N4O10/c1-20(2)44-19-34-27(39)17-26(38)32-14-7-5-6-8-15-43-31-28(35-21(3)36)30(41)29(40)24(45-31)18-33-25(37)13-12-22-10-9-11-23(16-22)42-4/h9-11,16,20,24,28-31,40-41H,5-8,12-15,17-19H2,1-4H3,(H,32,38)(H,33,37)(H,34,39)(H,35,36). The lowest BCUT2D eigenvalue weighted by atomic mass is 9.96. The van der Waals surface area contributed by atoms with E-state index >= 15 is 0 Å². The maximum atomic E-state index is 12.5. The topological polar surface area (TPSA) is 194 Å². The Morgan fingerprint density at radius 1 is 0.956 bits per heavy atom. The van der Waals surface area contributed by atoms with Crippen molar-refractivity contribution < 1.29 is 48.3 Å². The molecule has 5 atom stereocenters. The van der Waals surface area contributed by atoms with Crippen LogP contribution in [0, 0.1) is 0 Å². The summed E-state index contributed by atoms with van der Waals surface area (Å²) in [7, 11) is 1.58. The van der Waals surface area contributed by atoms with E-state index in [2.05, 4.69) is 21.3 Å². The lowest BCUT2D eigenvalue weighted by Gasteiger charge is -2.42. The van der Waals surface area contributed by atoms with E-state index in [9.17, 15) is 29.4 Å². The van der Waals surface area contributed by atoms with Crippen molar-refractivity contribution in [3.63, 3.8) is 0 Å². The van der Waals surface area contributed by atoms with Crippen LogP contribution in [0.1, 0.15) is 64.9 Å². The summed E-state index contributed by atoms with van der Waals surface area (Å²) in [5.41, 5.74) is 0.943. The van der Waals surface area contributed by atoms with Crippen molar-refractivity contribution in [2.24, 2.45) is 0 Å². The molecule has 4 amide bonds. The molecule has 2 rings (SSSR count). The molecule has 1 aliphatic rings. The zero-order valence-electron chi connectivity index (χ0n) is 26.7. The second-order valence-electron chi connectivity index (χ2n) is 11.2. The summed E-state index contributed by atoms with van der Waals surface area (Å²) in [6.45, 7) is 5.68. The molecule has 5 unspecified atom stereocenters. The summed E-state index contributed by atoms with van der Waals surface area (Å²) in [4.78, 5) is 47.9. The van der Waals surface area contributed by atoms with Gasteiger partial charge in [0.25, 0.3) is 0 Å². The van der Waals surface area contributed by atoms with Gasteiger partial charge >= 0.3 is 0 Å². The van der Waals surface area contributed by atoms with Crippen LogP contribution in [0.25, 0.3) is 0 Å². The van der Waals surface area contributed by atoms with Crippen molar-refractivity contribution in [3.05, 3.63) is 29.8 Å². The molecule has 1 aromatic carbocycles. The summed E-state index contributed by atoms with van der Waals surface area (Å²) in [5.74, 6) is -0.728. The number of benzene rings is 1. The van der Waals surface area contributed by atoms with Crippen molar-refractivity contribution in [1.82, 2.24) is 21.3 Å². The number of aryl methyl sites for hydroxylation is 1. The zero-order chi connectivity index (χ0) is 33.2. The quantitative estimate of drug-likeness (QED) is 0.0656. The third-order valence-electron chi connectivity index (χ3n) is 7.03. The van der Waals surface area contributed by atoms with E-state index in [1.807, 2.05) is 38.1 Å². The molecule has 1 fully saturated rings. The minimum atomic E-state index is -1.38. The molecule has 0 radical (unpaired) electrons. The van der Waals surface area contributed by atoms with Crippen LogP contribution in [-0.4, -0.2) is 104 Å². The van der Waals surface area contributed by atoms with Gasteiger partial charge < -0.3 is 50.4 Å². The van der Waals surface area contributed by atoms with Crippen LogP contribution in [0.15, 0.2) is 24.3 Å². The van der Waals surface area contributed by atoms with Gasteiger partial charge in [-0.25, -0.2) is 0 Å². The summed E-state index contributed by atoms with van der Waals surface area (Å²) >= 11 is 0. The van der Waals surface area contributed by atoms with Crippen LogP contribution in [0.5, 0.6) is 5.75 Å². The van der Waals surface area contributed by atoms with E-state index in [4.69, 9.17) is 18.9 Å². The molecule has 0 aliphatic carbocycles. The monoisotopic (exact) mass is 638 g/mol. The molecule has 0 aromatic heterocycles. The van der Waals surface area contributed by atoms with Crippen molar-refractivity contribution >= 4 is 23.6 Å². The number of aliphatic hydroxyl groups is 2. The number of rotatable bonds is 20. The molecule has 0 bridgehead atoms. The molecule has 0 saturated carbocycles. The highest BCUT2D eigenvalue weighted by atomic mass is 16.7. The van der Waals surface area contributed by atoms with E-state index in [0.717, 1.165) is 18.4 Å². The molecule has 0 spiro atoms. The van der Waals surface area contributed by atoms with E-state index in [0.29, 0.717) is 31.6 Å². The number of hydrogen-bond donors (Lipinski definition) is 6. The normalized spacial score (nSPS) is 21.2. The highest BCUT2D eigenvalue weighted by Crippen LogP contribution is 2.23. The highest BCUT2D eigenvalue weighted by Gasteiger charge is 2.45. The van der Waals surface area contributed by atoms with Crippen molar-refractivity contribution in [1.29, 1.82) is 0 Å². The molecular weight excluding hydrogens is 588 g/mol. The number of carbonyl (C=O) groups is 4. The SMILES string of the molecule is COc1cccc(CCC(=O)NCC2OC(OCCCCCCNC(=O)CC(=O)NCOC(C)C)C(NC(C)=O)C(O)C2O)c1. The average molecular weight is 639 g/mol. The van der Waals surface area contributed by atoms with Gasteiger partial charge in [0.1, 0.15) is 43.3 Å². The fraction of sp³-hybridized carbons (Fsp3) is 0.677. The molecule has 1 aromatic rings. The highest BCUT2D eigenvalue weighted by molar-refractivity contribution is 5.96. The Kier molecular flexibility index (Phi) is 17.4. The Morgan fingerprint density at radius 2 is 1.69 bits per heavy atom. The third kappa shape index (κ3) is 15.0. The van der Waals surface area contributed by atoms with Crippen molar-refractivity contribution in [2.75, 3.05) is 33.5 Å². The first-order valence-corrected chi connectivity index (χ1v) is 15.4. The molecule has 14 heteroatoms. The van der Waals surface area contributed by atoms with E-state index in [1.54, 1.807) is 7.11 Å². The first-order valence-electron chi connectivity index (χ1n) is 15.4. The molecule has 1 heterocycles. The van der Waals surface area contributed by atoms with Gasteiger partial charge in [-0.1, -0.05) is 25.0 Å². The molecule has 45 heavy (non-hydrogen) atoms. The van der Waals surface area contributed by atoms with Gasteiger partial charge in [0.05, 0.1) is 13.2 Å². The van der Waals surface area contributed by atoms with Crippen LogP contribution in [-0.2, 0) is 39.8 Å². The zero-order valence-corrected chi connectivity index (χ0v) is 26.7. The molecule has 1 aliphatic heterocycles. The second-order valence-corrected chi connectivity index (χ2v) is 11.2. The number of ether oxygens (including phenoxy) is 4. The summed E-state index contributed by atoms with van der Waals surface area (Å²) in [6, 6.07) is 6.43. The molecule has 14 nitrogen and oxygen atoms in total. The van der Waals surface area contributed by atoms with Crippen LogP contribution in [0.4, 0.5) is 0 Å². The Morgan fingerprint density at radius 3 is 2.40 bits per heavy atom. The number of methoxy groups -OCH3 is 1. The molecular formula is C31H50N4O10. The van der Waals surface area contributed by atoms with Crippen molar-refractivity contribution in [3.8, 4) is 5.75 Å². The molecule has 1 saturated heterocycles. The minimum Gasteiger partial charge on any atom is -0.497 e. The number of amides is 4. The van der Waals surface area contributed by atoms with Crippen LogP contribution >= 0.6 is 0 Å². The lowest BCUT2D eigenvalue weighted by Crippen LogP contribution is -2.65. The number of hydrogen-bond acceptors (Lipinski definition) is 10. The van der Waals surface area contributed by atoms with Gasteiger partial charge in [0.2, 0.25) is 23.6 Å². The number of unbranched alkanes of at least 4 members (excludes halogenated alkanes) is 3. The van der Waals surface area contributed by atoms with Crippen molar-refractivity contribution in [2.45, 2.75) is 102 Å². The molecule has 6 N–H and O–H groups in total. The van der Waals surface area contributed by atoms with E-state index in [-0.39, 0.29) is 50.6 Å². The Balaban J connectivity index is 1.71. The van der Waals surface area contributed by atoms with Gasteiger partial charge in [0.15, 0.2) is 6.29 Å². The van der Waals surface area contributed by atoms with Crippen LogP contribution < -0.4 is 26.0 Å². The van der Waals surface area contributed by atoms with Crippen LogP contribution in [0.3, 0.4) is 0 Å². The smallest absolute Gasteiger partial charge is 0.231 e. The average Bonchev–Trinajstić information content (AvgIpc) is 2.99. The summed E-state index contributed by atoms with van der Waals surface area (Å²) in [6.07, 6.45) is -1.39. The third-order valence-corrected chi connectivity index (χ3v) is 7.03. The summed E-state index contributed by atoms with van der Waals surface area (Å²) in [5, 5.41) is 32.0. The predicted octanol–water partition coefficient (Wildman–Crippen LogP) is 0.277. The first kappa shape index (κ1) is 37.9. The van der Waals surface area contributed by atoms with Gasteiger partial charge in [-0.05, 0) is 50.8 Å². The number of nitrogens with one attached hydrogen (secondary N) is 4. The predicted molar refractivity (Wildman–Crippen MR) is 164 cm³/mol. The Hall–Kier alpha value is -3.30. The summed E-state index contributed by atoms with van der Waals surface area (Å²) < 4.78 is 22.2. The van der Waals surface area contributed by atoms with Gasteiger partial charge in [-0.3, -0.25) is 19.2 Å². The Labute approximate surface area is 264 Å². The lowest BCUT2D eigenvalue weighted by molar-refractivity contribution is -0.263. The maximum Gasteiger partial charge on any atom is 0.231 e. The maximum absolute atomic E-state index is 12.5. The Bertz CT molecular complexity index is 1070. The largest absolute Gasteiger partial charge is 0.497 e. The fourth-order valence-corrected chi connectivity index (χ4v) is 4.59. The van der Waals surface area contributed by atoms with Gasteiger partial charge in [0, 0.05) is 33.0 Å². The fourth-order valence-electron chi connectivity index (χ4n) is 4.59. The van der Waals surface area contributed by atoms with E-state index in [1.165, 1.54) is 6.92 Å². The van der Waals surface area contributed by atoms with E-state index < -0.39 is 42.5 Å².